The molecule has 6 nitrogen and oxygen atoms in total. The molecule has 1 aromatic carbocycles. The minimum absolute atomic E-state index is 0.0501. The SMILES string of the molecule is CC1CCc2sc(C(=O)OCC(=O)Nc3ccccc3N3CCCC3=O)cc2C1. The van der Waals surface area contributed by atoms with Gasteiger partial charge < -0.3 is 15.0 Å². The van der Waals surface area contributed by atoms with Crippen molar-refractivity contribution in [2.45, 2.75) is 39.0 Å². The highest BCUT2D eigenvalue weighted by Crippen LogP contribution is 2.32. The highest BCUT2D eigenvalue weighted by Gasteiger charge is 2.25. The Hall–Kier alpha value is -2.67. The van der Waals surface area contributed by atoms with Crippen molar-refractivity contribution in [3.05, 3.63) is 45.6 Å². The van der Waals surface area contributed by atoms with Crippen molar-refractivity contribution in [1.82, 2.24) is 0 Å². The number of ether oxygens (including phenoxy) is 1. The second kappa shape index (κ2) is 8.37. The Bertz CT molecular complexity index is 952. The molecule has 1 aromatic heterocycles. The number of rotatable bonds is 5. The standard InChI is InChI=1S/C22H24N2O4S/c1-14-8-9-18-15(11-14)12-19(29-18)22(27)28-13-20(25)23-16-5-2-3-6-17(16)24-10-4-7-21(24)26/h2-3,5-6,12,14H,4,7-11,13H2,1H3,(H,23,25). The number of hydrogen-bond donors (Lipinski definition) is 1. The summed E-state index contributed by atoms with van der Waals surface area (Å²) >= 11 is 1.47. The van der Waals surface area contributed by atoms with Crippen LogP contribution in [-0.2, 0) is 27.2 Å². The van der Waals surface area contributed by atoms with Crippen LogP contribution in [-0.4, -0.2) is 30.9 Å². The van der Waals surface area contributed by atoms with Crippen LogP contribution in [0.15, 0.2) is 30.3 Å². The van der Waals surface area contributed by atoms with Crippen molar-refractivity contribution < 1.29 is 19.1 Å². The quantitative estimate of drug-likeness (QED) is 0.758. The molecule has 4 rings (SSSR count). The van der Waals surface area contributed by atoms with E-state index in [9.17, 15) is 14.4 Å². The van der Waals surface area contributed by atoms with Crippen LogP contribution in [0.2, 0.25) is 0 Å². The molecule has 0 spiro atoms. The number of esters is 1. The van der Waals surface area contributed by atoms with E-state index in [4.69, 9.17) is 4.74 Å². The first kappa shape index (κ1) is 19.6. The third-order valence-electron chi connectivity index (χ3n) is 5.41. The normalized spacial score (nSPS) is 18.4. The molecule has 2 amide bonds. The predicted octanol–water partition coefficient (Wildman–Crippen LogP) is 3.80. The fourth-order valence-corrected chi connectivity index (χ4v) is 5.01. The van der Waals surface area contributed by atoms with Crippen molar-refractivity contribution in [2.24, 2.45) is 5.92 Å². The van der Waals surface area contributed by atoms with Crippen molar-refractivity contribution in [1.29, 1.82) is 0 Å². The molecular formula is C22H24N2O4S. The molecule has 2 aromatic rings. The third-order valence-corrected chi connectivity index (χ3v) is 6.62. The van der Waals surface area contributed by atoms with Crippen LogP contribution in [0.3, 0.4) is 0 Å². The lowest BCUT2D eigenvalue weighted by Gasteiger charge is -2.19. The van der Waals surface area contributed by atoms with Gasteiger partial charge in [-0.25, -0.2) is 4.79 Å². The fourth-order valence-electron chi connectivity index (χ4n) is 3.91. The Morgan fingerprint density at radius 3 is 2.90 bits per heavy atom. The minimum atomic E-state index is -0.463. The number of aryl methyl sites for hydroxylation is 1. The monoisotopic (exact) mass is 412 g/mol. The summed E-state index contributed by atoms with van der Waals surface area (Å²) in [7, 11) is 0. The Kier molecular flexibility index (Phi) is 5.67. The van der Waals surface area contributed by atoms with Crippen LogP contribution >= 0.6 is 11.3 Å². The Balaban J connectivity index is 1.36. The van der Waals surface area contributed by atoms with Gasteiger partial charge >= 0.3 is 5.97 Å². The summed E-state index contributed by atoms with van der Waals surface area (Å²) in [4.78, 5) is 40.2. The minimum Gasteiger partial charge on any atom is -0.451 e. The average molecular weight is 413 g/mol. The van der Waals surface area contributed by atoms with Gasteiger partial charge in [-0.3, -0.25) is 9.59 Å². The van der Waals surface area contributed by atoms with E-state index >= 15 is 0 Å². The maximum absolute atomic E-state index is 12.4. The van der Waals surface area contributed by atoms with E-state index in [2.05, 4.69) is 12.2 Å². The molecule has 1 aliphatic carbocycles. The summed E-state index contributed by atoms with van der Waals surface area (Å²) in [5.74, 6) is -0.203. The van der Waals surface area contributed by atoms with E-state index in [1.165, 1.54) is 21.8 Å². The Morgan fingerprint density at radius 2 is 2.10 bits per heavy atom. The number of thiophene rings is 1. The van der Waals surface area contributed by atoms with Crippen LogP contribution in [0.25, 0.3) is 0 Å². The lowest BCUT2D eigenvalue weighted by Crippen LogP contribution is -2.26. The van der Waals surface area contributed by atoms with Crippen molar-refractivity contribution in [2.75, 3.05) is 23.4 Å². The van der Waals surface area contributed by atoms with Crippen LogP contribution < -0.4 is 10.2 Å². The van der Waals surface area contributed by atoms with Gasteiger partial charge in [-0.05, 0) is 55.4 Å². The second-order valence-electron chi connectivity index (χ2n) is 7.70. The number of fused-ring (bicyclic) bond motifs is 1. The summed E-state index contributed by atoms with van der Waals surface area (Å²) < 4.78 is 5.23. The van der Waals surface area contributed by atoms with Gasteiger partial charge in [0, 0.05) is 17.8 Å². The molecule has 1 aliphatic heterocycles. The van der Waals surface area contributed by atoms with Crippen LogP contribution in [0, 0.1) is 5.92 Å². The molecule has 0 bridgehead atoms. The van der Waals surface area contributed by atoms with Gasteiger partial charge in [0.15, 0.2) is 6.61 Å². The molecule has 152 valence electrons. The van der Waals surface area contributed by atoms with Gasteiger partial charge in [0.25, 0.3) is 5.91 Å². The van der Waals surface area contributed by atoms with Crippen molar-refractivity contribution in [3.8, 4) is 0 Å². The van der Waals surface area contributed by atoms with Crippen molar-refractivity contribution >= 4 is 40.5 Å². The highest BCUT2D eigenvalue weighted by molar-refractivity contribution is 7.14. The molecule has 1 N–H and O–H groups in total. The zero-order valence-corrected chi connectivity index (χ0v) is 17.2. The second-order valence-corrected chi connectivity index (χ2v) is 8.83. The molecule has 0 radical (unpaired) electrons. The van der Waals surface area contributed by atoms with E-state index in [0.29, 0.717) is 35.1 Å². The van der Waals surface area contributed by atoms with E-state index in [1.807, 2.05) is 18.2 Å². The number of carbonyl (C=O) groups excluding carboxylic acids is 3. The Labute approximate surface area is 173 Å². The smallest absolute Gasteiger partial charge is 0.348 e. The molecule has 7 heteroatoms. The molecule has 29 heavy (non-hydrogen) atoms. The maximum atomic E-state index is 12.4. The number of anilines is 2. The van der Waals surface area contributed by atoms with E-state index in [0.717, 1.165) is 25.7 Å². The summed E-state index contributed by atoms with van der Waals surface area (Å²) in [6.07, 6.45) is 4.46. The van der Waals surface area contributed by atoms with Gasteiger partial charge in [-0.1, -0.05) is 19.1 Å². The average Bonchev–Trinajstić information content (AvgIpc) is 3.32. The molecule has 1 saturated heterocycles. The zero-order chi connectivity index (χ0) is 20.4. The number of para-hydroxylation sites is 2. The first-order valence-electron chi connectivity index (χ1n) is 9.99. The van der Waals surface area contributed by atoms with E-state index < -0.39 is 11.9 Å². The van der Waals surface area contributed by atoms with Gasteiger partial charge in [0.1, 0.15) is 4.88 Å². The van der Waals surface area contributed by atoms with Crippen molar-refractivity contribution in [3.63, 3.8) is 0 Å². The summed E-state index contributed by atoms with van der Waals surface area (Å²) in [5, 5.41) is 2.76. The number of amides is 2. The largest absolute Gasteiger partial charge is 0.451 e. The van der Waals surface area contributed by atoms with Crippen LogP contribution in [0.1, 0.15) is 46.3 Å². The zero-order valence-electron chi connectivity index (χ0n) is 16.4. The summed E-state index contributed by atoms with van der Waals surface area (Å²) in [6.45, 7) is 2.50. The molecule has 1 fully saturated rings. The molecule has 2 aliphatic rings. The van der Waals surface area contributed by atoms with Gasteiger partial charge in [-0.15, -0.1) is 11.3 Å². The lowest BCUT2D eigenvalue weighted by molar-refractivity contribution is -0.119. The molecule has 1 unspecified atom stereocenters. The number of nitrogens with one attached hydrogen (secondary N) is 1. The number of nitrogens with zero attached hydrogens (tertiary/aromatic N) is 1. The van der Waals surface area contributed by atoms with Gasteiger partial charge in [0.2, 0.25) is 5.91 Å². The number of benzene rings is 1. The van der Waals surface area contributed by atoms with Gasteiger partial charge in [0.05, 0.1) is 11.4 Å². The first-order valence-corrected chi connectivity index (χ1v) is 10.8. The summed E-state index contributed by atoms with van der Waals surface area (Å²) in [6, 6.07) is 9.08. The Morgan fingerprint density at radius 1 is 1.28 bits per heavy atom. The first-order chi connectivity index (χ1) is 14.0. The van der Waals surface area contributed by atoms with Crippen LogP contribution in [0.4, 0.5) is 11.4 Å². The van der Waals surface area contributed by atoms with Gasteiger partial charge in [-0.2, -0.15) is 0 Å². The maximum Gasteiger partial charge on any atom is 0.348 e. The van der Waals surface area contributed by atoms with Crippen LogP contribution in [0.5, 0.6) is 0 Å². The molecular weight excluding hydrogens is 388 g/mol. The fraction of sp³-hybridized carbons (Fsp3) is 0.409. The topological polar surface area (TPSA) is 75.7 Å². The number of carbonyl (C=O) groups is 3. The molecule has 0 saturated carbocycles. The lowest BCUT2D eigenvalue weighted by atomic mass is 9.90. The molecule has 2 heterocycles. The summed E-state index contributed by atoms with van der Waals surface area (Å²) in [5.41, 5.74) is 2.45. The predicted molar refractivity (Wildman–Crippen MR) is 112 cm³/mol. The van der Waals surface area contributed by atoms with E-state index in [1.54, 1.807) is 17.0 Å². The van der Waals surface area contributed by atoms with E-state index in [-0.39, 0.29) is 12.5 Å². The highest BCUT2D eigenvalue weighted by atomic mass is 32.1. The number of hydrogen-bond acceptors (Lipinski definition) is 5. The molecule has 1 atom stereocenters. The third kappa shape index (κ3) is 4.34.